The molecular formula is C25H32N4O8S. The molecule has 0 bridgehead atoms. The third-order valence-electron chi connectivity index (χ3n) is 5.51. The quantitative estimate of drug-likeness (QED) is 0.363. The minimum absolute atomic E-state index is 0.0413. The second-order valence-corrected chi connectivity index (χ2v) is 10.0. The van der Waals surface area contributed by atoms with Gasteiger partial charge in [0.1, 0.15) is 24.2 Å². The molecule has 0 saturated carbocycles. The Labute approximate surface area is 224 Å². The van der Waals surface area contributed by atoms with Crippen LogP contribution >= 0.6 is 11.8 Å². The molecule has 2 heterocycles. The molecule has 1 N–H and O–H groups in total. The number of esters is 3. The Bertz CT molecular complexity index is 1160. The van der Waals surface area contributed by atoms with Gasteiger partial charge in [-0.2, -0.15) is 0 Å². The van der Waals surface area contributed by atoms with E-state index in [2.05, 4.69) is 15.5 Å². The zero-order chi connectivity index (χ0) is 28.0. The van der Waals surface area contributed by atoms with Gasteiger partial charge >= 0.3 is 17.9 Å². The molecule has 1 aliphatic heterocycles. The maximum Gasteiger partial charge on any atom is 0.303 e. The third kappa shape index (κ3) is 7.32. The molecule has 206 valence electrons. The lowest BCUT2D eigenvalue weighted by Gasteiger charge is -2.44. The number of carbonyl (C=O) groups is 4. The first-order valence-electron chi connectivity index (χ1n) is 12.0. The minimum atomic E-state index is -1.16. The van der Waals surface area contributed by atoms with Gasteiger partial charge in [-0.1, -0.05) is 42.1 Å². The topological polar surface area (TPSA) is 148 Å². The van der Waals surface area contributed by atoms with Crippen LogP contribution in [0.15, 0.2) is 35.5 Å². The van der Waals surface area contributed by atoms with Crippen LogP contribution in [0.3, 0.4) is 0 Å². The summed E-state index contributed by atoms with van der Waals surface area (Å²) >= 11 is 1.15. The van der Waals surface area contributed by atoms with Crippen molar-refractivity contribution in [2.45, 2.75) is 82.5 Å². The molecule has 5 atom stereocenters. The first kappa shape index (κ1) is 29.1. The highest BCUT2D eigenvalue weighted by Crippen LogP contribution is 2.37. The van der Waals surface area contributed by atoms with Gasteiger partial charge in [0.2, 0.25) is 5.91 Å². The van der Waals surface area contributed by atoms with E-state index >= 15 is 0 Å². The van der Waals surface area contributed by atoms with Gasteiger partial charge in [-0.25, -0.2) is 0 Å². The number of amides is 1. The predicted molar refractivity (Wildman–Crippen MR) is 136 cm³/mol. The molecule has 1 aliphatic rings. The van der Waals surface area contributed by atoms with E-state index in [1.165, 1.54) is 27.7 Å². The molecule has 38 heavy (non-hydrogen) atoms. The van der Waals surface area contributed by atoms with Crippen LogP contribution in [-0.4, -0.2) is 75.0 Å². The van der Waals surface area contributed by atoms with E-state index in [1.54, 1.807) is 0 Å². The van der Waals surface area contributed by atoms with Gasteiger partial charge in [0.25, 0.3) is 0 Å². The van der Waals surface area contributed by atoms with Crippen LogP contribution in [0.25, 0.3) is 11.4 Å². The summed E-state index contributed by atoms with van der Waals surface area (Å²) in [5.41, 5.74) is -0.0232. The van der Waals surface area contributed by atoms with Crippen LogP contribution in [-0.2, 0) is 38.1 Å². The molecular weight excluding hydrogens is 516 g/mol. The van der Waals surface area contributed by atoms with Gasteiger partial charge in [-0.05, 0) is 13.8 Å². The van der Waals surface area contributed by atoms with E-state index in [0.717, 1.165) is 17.3 Å². The summed E-state index contributed by atoms with van der Waals surface area (Å²) in [4.78, 5) is 47.8. The number of ether oxygens (including phenoxy) is 4. The average molecular weight is 549 g/mol. The Morgan fingerprint density at radius 3 is 2.16 bits per heavy atom. The Hall–Kier alpha value is -3.45. The van der Waals surface area contributed by atoms with Gasteiger partial charge in [0, 0.05) is 39.3 Å². The molecule has 3 rings (SSSR count). The Morgan fingerprint density at radius 1 is 0.974 bits per heavy atom. The van der Waals surface area contributed by atoms with E-state index in [9.17, 15) is 19.2 Å². The van der Waals surface area contributed by atoms with E-state index in [-0.39, 0.29) is 12.6 Å². The smallest absolute Gasteiger partial charge is 0.303 e. The number of hydrogen-bond donors (Lipinski definition) is 1. The summed E-state index contributed by atoms with van der Waals surface area (Å²) in [5, 5.41) is 12.0. The number of nitrogens with zero attached hydrogens (tertiary/aromatic N) is 3. The van der Waals surface area contributed by atoms with Crippen molar-refractivity contribution < 1.29 is 38.1 Å². The molecule has 1 amide bonds. The third-order valence-corrected chi connectivity index (χ3v) is 6.63. The first-order valence-corrected chi connectivity index (χ1v) is 12.9. The molecule has 1 fully saturated rings. The van der Waals surface area contributed by atoms with Crippen LogP contribution in [0.1, 0.15) is 47.6 Å². The monoisotopic (exact) mass is 548 g/mol. The van der Waals surface area contributed by atoms with Gasteiger partial charge in [-0.3, -0.25) is 23.7 Å². The van der Waals surface area contributed by atoms with E-state index in [1.807, 2.05) is 48.7 Å². The predicted octanol–water partition coefficient (Wildman–Crippen LogP) is 2.27. The summed E-state index contributed by atoms with van der Waals surface area (Å²) in [7, 11) is 0. The minimum Gasteiger partial charge on any atom is -0.463 e. The maximum absolute atomic E-state index is 12.2. The number of nitrogens with one attached hydrogen (secondary N) is 1. The molecule has 0 aliphatic carbocycles. The van der Waals surface area contributed by atoms with Gasteiger partial charge in [-0.15, -0.1) is 10.2 Å². The highest BCUT2D eigenvalue weighted by atomic mass is 32.2. The van der Waals surface area contributed by atoms with Gasteiger partial charge in [0.15, 0.2) is 23.2 Å². The highest BCUT2D eigenvalue weighted by molar-refractivity contribution is 7.99. The zero-order valence-corrected chi connectivity index (χ0v) is 22.9. The number of benzene rings is 1. The number of carbonyl (C=O) groups excluding carboxylic acids is 4. The van der Waals surface area contributed by atoms with Crippen molar-refractivity contribution in [1.29, 1.82) is 0 Å². The lowest BCUT2D eigenvalue weighted by Crippen LogP contribution is -2.65. The molecule has 0 spiro atoms. The van der Waals surface area contributed by atoms with Crippen molar-refractivity contribution in [1.82, 2.24) is 20.1 Å². The lowest BCUT2D eigenvalue weighted by atomic mass is 9.97. The number of rotatable bonds is 9. The largest absolute Gasteiger partial charge is 0.463 e. The van der Waals surface area contributed by atoms with Crippen molar-refractivity contribution in [2.75, 3.05) is 6.61 Å². The second kappa shape index (κ2) is 12.9. The van der Waals surface area contributed by atoms with Crippen LogP contribution < -0.4 is 5.32 Å². The fourth-order valence-electron chi connectivity index (χ4n) is 4.10. The summed E-state index contributed by atoms with van der Waals surface area (Å²) in [6.45, 7) is 8.62. The summed E-state index contributed by atoms with van der Waals surface area (Å²) < 4.78 is 24.4. The fourth-order valence-corrected chi connectivity index (χ4v) is 5.38. The first-order chi connectivity index (χ1) is 18.0. The lowest BCUT2D eigenvalue weighted by molar-refractivity contribution is -0.211. The zero-order valence-electron chi connectivity index (χ0n) is 22.1. The van der Waals surface area contributed by atoms with E-state index in [0.29, 0.717) is 11.0 Å². The summed E-state index contributed by atoms with van der Waals surface area (Å²) in [5.74, 6) is -1.67. The molecule has 2 aromatic rings. The van der Waals surface area contributed by atoms with Crippen molar-refractivity contribution in [3.8, 4) is 11.4 Å². The highest BCUT2D eigenvalue weighted by Gasteiger charge is 2.51. The van der Waals surface area contributed by atoms with Crippen molar-refractivity contribution in [3.05, 3.63) is 30.3 Å². The van der Waals surface area contributed by atoms with Crippen molar-refractivity contribution in [3.63, 3.8) is 0 Å². The van der Waals surface area contributed by atoms with Gasteiger partial charge < -0.3 is 24.3 Å². The number of thioether (sulfide) groups is 1. The number of aromatic nitrogens is 3. The standard InChI is InChI=1S/C25H32N4O8S/c1-13(2)29-23(18-10-8-7-9-11-18)27-28-25(29)38-24-20(26-14(3)30)22(36-17(6)33)21(35-16(5)32)19(37-24)12-34-15(4)31/h7-11,13,19-22,24H,12H2,1-6H3,(H,26,30). The van der Waals surface area contributed by atoms with Crippen LogP contribution in [0.5, 0.6) is 0 Å². The number of hydrogen-bond acceptors (Lipinski definition) is 11. The van der Waals surface area contributed by atoms with Crippen LogP contribution in [0.2, 0.25) is 0 Å². The summed E-state index contributed by atoms with van der Waals surface area (Å²) in [6.07, 6.45) is -3.30. The maximum atomic E-state index is 12.2. The van der Waals surface area contributed by atoms with Crippen LogP contribution in [0, 0.1) is 0 Å². The molecule has 5 unspecified atom stereocenters. The Kier molecular flexibility index (Phi) is 9.86. The summed E-state index contributed by atoms with van der Waals surface area (Å²) in [6, 6.07) is 8.56. The molecule has 12 nitrogen and oxygen atoms in total. The second-order valence-electron chi connectivity index (χ2n) is 8.97. The molecule has 0 radical (unpaired) electrons. The van der Waals surface area contributed by atoms with Crippen LogP contribution in [0.4, 0.5) is 0 Å². The normalized spacial score (nSPS) is 23.0. The Balaban J connectivity index is 2.05. The van der Waals surface area contributed by atoms with Gasteiger partial charge in [0.05, 0.1) is 0 Å². The molecule has 1 aromatic carbocycles. The van der Waals surface area contributed by atoms with E-state index < -0.39 is 53.6 Å². The SMILES string of the molecule is CC(=O)NC1C(Sc2nnc(-c3ccccc3)n2C(C)C)OC(COC(C)=O)C(OC(C)=O)C1OC(C)=O. The average Bonchev–Trinajstić information content (AvgIpc) is 3.25. The van der Waals surface area contributed by atoms with Crippen molar-refractivity contribution >= 4 is 35.6 Å². The molecule has 13 heteroatoms. The molecule has 1 aromatic heterocycles. The fraction of sp³-hybridized carbons (Fsp3) is 0.520. The Morgan fingerprint density at radius 2 is 1.61 bits per heavy atom. The van der Waals surface area contributed by atoms with E-state index in [4.69, 9.17) is 18.9 Å². The molecule has 1 saturated heterocycles. The van der Waals surface area contributed by atoms with Crippen molar-refractivity contribution in [2.24, 2.45) is 0 Å².